The molecule has 0 aliphatic heterocycles. The number of hydrogen-bond donors (Lipinski definition) is 2. The summed E-state index contributed by atoms with van der Waals surface area (Å²) in [6, 6.07) is 0. The third kappa shape index (κ3) is 2.30. The van der Waals surface area contributed by atoms with E-state index in [2.05, 4.69) is 20.4 Å². The van der Waals surface area contributed by atoms with Crippen molar-refractivity contribution >= 4 is 5.91 Å². The highest BCUT2D eigenvalue weighted by Crippen LogP contribution is 2.52. The average Bonchev–Trinajstić information content (AvgIpc) is 3.31. The summed E-state index contributed by atoms with van der Waals surface area (Å²) in [6.07, 6.45) is 12.0. The number of nitrogens with zero attached hydrogens (tertiary/aromatic N) is 4. The molecule has 0 spiro atoms. The van der Waals surface area contributed by atoms with Crippen LogP contribution in [0, 0.1) is 5.92 Å². The van der Waals surface area contributed by atoms with Crippen LogP contribution in [0.15, 0.2) is 18.6 Å². The summed E-state index contributed by atoms with van der Waals surface area (Å²) in [5.74, 6) is 1.59. The number of carbonyl (C=O) groups excluding carboxylic acids is 1. The minimum atomic E-state index is -0.488. The van der Waals surface area contributed by atoms with E-state index in [0.717, 1.165) is 49.8 Å². The van der Waals surface area contributed by atoms with E-state index in [4.69, 9.17) is 0 Å². The molecule has 0 radical (unpaired) electrons. The topological polar surface area (TPSA) is 92.9 Å². The Morgan fingerprint density at radius 1 is 1.31 bits per heavy atom. The summed E-state index contributed by atoms with van der Waals surface area (Å²) in [5.41, 5.74) is 2.21. The van der Waals surface area contributed by atoms with E-state index in [1.165, 1.54) is 6.42 Å². The second kappa shape index (κ2) is 5.87. The van der Waals surface area contributed by atoms with E-state index >= 15 is 0 Å². The first-order valence-corrected chi connectivity index (χ1v) is 9.52. The summed E-state index contributed by atoms with van der Waals surface area (Å²) in [5, 5.41) is 17.6. The van der Waals surface area contributed by atoms with E-state index in [1.54, 1.807) is 18.6 Å². The Morgan fingerprint density at radius 2 is 2.15 bits per heavy atom. The van der Waals surface area contributed by atoms with E-state index < -0.39 is 5.54 Å². The zero-order chi connectivity index (χ0) is 17.7. The van der Waals surface area contributed by atoms with Gasteiger partial charge in [0, 0.05) is 23.9 Å². The van der Waals surface area contributed by atoms with Crippen LogP contribution in [0.3, 0.4) is 0 Å². The number of fused-ring (bicyclic) bond motifs is 3. The van der Waals surface area contributed by atoms with Crippen LogP contribution in [0.4, 0.5) is 0 Å². The lowest BCUT2D eigenvalue weighted by atomic mass is 9.75. The van der Waals surface area contributed by atoms with Gasteiger partial charge in [-0.25, -0.2) is 9.67 Å². The second-order valence-corrected chi connectivity index (χ2v) is 7.94. The molecule has 136 valence electrons. The molecule has 0 unspecified atom stereocenters. The van der Waals surface area contributed by atoms with E-state index in [-0.39, 0.29) is 12.5 Å². The van der Waals surface area contributed by atoms with Crippen molar-refractivity contribution in [1.29, 1.82) is 0 Å². The molecule has 2 heterocycles. The average molecular weight is 353 g/mol. The van der Waals surface area contributed by atoms with Crippen LogP contribution < -0.4 is 5.32 Å². The molecule has 2 fully saturated rings. The molecule has 2 saturated carbocycles. The van der Waals surface area contributed by atoms with Crippen LogP contribution in [0.2, 0.25) is 0 Å². The predicted octanol–water partition coefficient (Wildman–Crippen LogP) is 1.75. The van der Waals surface area contributed by atoms with Crippen molar-refractivity contribution < 1.29 is 9.90 Å². The van der Waals surface area contributed by atoms with Crippen molar-refractivity contribution in [2.24, 2.45) is 5.92 Å². The van der Waals surface area contributed by atoms with Gasteiger partial charge in [0.2, 0.25) is 0 Å². The number of carbonyl (C=O) groups is 1. The monoisotopic (exact) mass is 353 g/mol. The number of nitrogens with one attached hydrogen (secondary N) is 1. The summed E-state index contributed by atoms with van der Waals surface area (Å²) in [7, 11) is 0. The number of aliphatic hydroxyl groups excluding tert-OH is 1. The number of amides is 1. The zero-order valence-corrected chi connectivity index (χ0v) is 14.7. The second-order valence-electron chi connectivity index (χ2n) is 7.94. The Bertz CT molecular complexity index is 841. The number of hydrogen-bond acceptors (Lipinski definition) is 5. The number of rotatable bonds is 4. The third-order valence-electron chi connectivity index (χ3n) is 6.48. The lowest BCUT2D eigenvalue weighted by molar-refractivity contribution is 0.0831. The Labute approximate surface area is 151 Å². The lowest BCUT2D eigenvalue weighted by Gasteiger charge is -2.31. The fraction of sp³-hybridized carbons (Fsp3) is 0.579. The molecule has 3 aliphatic rings. The van der Waals surface area contributed by atoms with Crippen molar-refractivity contribution in [2.45, 2.75) is 56.4 Å². The smallest absolute Gasteiger partial charge is 0.272 e. The summed E-state index contributed by atoms with van der Waals surface area (Å²) < 4.78 is 1.82. The van der Waals surface area contributed by atoms with Crippen LogP contribution >= 0.6 is 0 Å². The van der Waals surface area contributed by atoms with Gasteiger partial charge < -0.3 is 10.4 Å². The maximum atomic E-state index is 13.1. The maximum absolute atomic E-state index is 13.1. The molecular weight excluding hydrogens is 330 g/mol. The molecule has 2 aromatic heterocycles. The van der Waals surface area contributed by atoms with E-state index in [9.17, 15) is 9.90 Å². The van der Waals surface area contributed by atoms with Gasteiger partial charge in [-0.05, 0) is 38.0 Å². The van der Waals surface area contributed by atoms with Crippen molar-refractivity contribution in [3.05, 3.63) is 35.5 Å². The van der Waals surface area contributed by atoms with Gasteiger partial charge in [0.15, 0.2) is 11.5 Å². The fourth-order valence-electron chi connectivity index (χ4n) is 4.91. The lowest BCUT2D eigenvalue weighted by Crippen LogP contribution is -2.49. The van der Waals surface area contributed by atoms with Crippen molar-refractivity contribution in [2.75, 3.05) is 6.61 Å². The molecule has 26 heavy (non-hydrogen) atoms. The van der Waals surface area contributed by atoms with Crippen LogP contribution in [-0.2, 0) is 6.42 Å². The highest BCUT2D eigenvalue weighted by Gasteiger charge is 2.46. The molecule has 1 amide bonds. The highest BCUT2D eigenvalue weighted by molar-refractivity contribution is 5.95. The molecule has 3 aliphatic carbocycles. The largest absolute Gasteiger partial charge is 0.394 e. The molecule has 2 N–H and O–H groups in total. The standard InChI is InChI=1S/C19H23N5O2/c25-11-19(5-1-2-6-19)22-18(26)16-14-9-12-3-4-13(12)17(14)24(23-16)15-10-20-7-8-21-15/h7-8,10,12-13,25H,1-6,9,11H2,(H,22,26)/t12-,13-/m1/s1. The SMILES string of the molecule is O=C(NC1(CO)CCCC1)c1nn(-c2cnccn2)c2c1C[C@H]1CC[C@@H]21. The summed E-state index contributed by atoms with van der Waals surface area (Å²) >= 11 is 0. The van der Waals surface area contributed by atoms with Crippen LogP contribution in [0.1, 0.15) is 66.2 Å². The van der Waals surface area contributed by atoms with Gasteiger partial charge in [-0.3, -0.25) is 9.78 Å². The Balaban J connectivity index is 1.54. The third-order valence-corrected chi connectivity index (χ3v) is 6.48. The van der Waals surface area contributed by atoms with Crippen molar-refractivity contribution in [3.8, 4) is 5.82 Å². The van der Waals surface area contributed by atoms with Gasteiger partial charge in [-0.2, -0.15) is 5.10 Å². The molecule has 0 bridgehead atoms. The van der Waals surface area contributed by atoms with Gasteiger partial charge in [0.1, 0.15) is 0 Å². The minimum Gasteiger partial charge on any atom is -0.394 e. The van der Waals surface area contributed by atoms with Crippen molar-refractivity contribution in [3.63, 3.8) is 0 Å². The maximum Gasteiger partial charge on any atom is 0.272 e. The Kier molecular flexibility index (Phi) is 3.60. The Hall–Kier alpha value is -2.28. The quantitative estimate of drug-likeness (QED) is 0.873. The highest BCUT2D eigenvalue weighted by atomic mass is 16.3. The summed E-state index contributed by atoms with van der Waals surface area (Å²) in [6.45, 7) is -0.0168. The number of aromatic nitrogens is 4. The first kappa shape index (κ1) is 15.9. The van der Waals surface area contributed by atoms with Gasteiger partial charge >= 0.3 is 0 Å². The molecule has 5 rings (SSSR count). The van der Waals surface area contributed by atoms with Crippen LogP contribution in [0.5, 0.6) is 0 Å². The zero-order valence-electron chi connectivity index (χ0n) is 14.7. The van der Waals surface area contributed by atoms with Gasteiger partial charge in [0.05, 0.1) is 24.0 Å². The molecule has 2 atom stereocenters. The van der Waals surface area contributed by atoms with Crippen LogP contribution in [-0.4, -0.2) is 42.9 Å². The fourth-order valence-corrected chi connectivity index (χ4v) is 4.91. The normalized spacial score (nSPS) is 25.4. The van der Waals surface area contributed by atoms with E-state index in [1.807, 2.05) is 4.68 Å². The Morgan fingerprint density at radius 3 is 2.81 bits per heavy atom. The molecule has 2 aromatic rings. The summed E-state index contributed by atoms with van der Waals surface area (Å²) in [4.78, 5) is 21.6. The first-order valence-electron chi connectivity index (χ1n) is 9.52. The minimum absolute atomic E-state index is 0.0168. The molecular formula is C19H23N5O2. The first-order chi connectivity index (χ1) is 12.7. The molecule has 0 aromatic carbocycles. The predicted molar refractivity (Wildman–Crippen MR) is 94.1 cm³/mol. The van der Waals surface area contributed by atoms with Gasteiger partial charge in [0.25, 0.3) is 5.91 Å². The van der Waals surface area contributed by atoms with Gasteiger partial charge in [-0.1, -0.05) is 12.8 Å². The van der Waals surface area contributed by atoms with Gasteiger partial charge in [-0.15, -0.1) is 0 Å². The van der Waals surface area contributed by atoms with E-state index in [0.29, 0.717) is 23.3 Å². The molecule has 0 saturated heterocycles. The van der Waals surface area contributed by atoms with Crippen molar-refractivity contribution in [1.82, 2.24) is 25.1 Å². The number of aliphatic hydroxyl groups is 1. The molecule has 7 nitrogen and oxygen atoms in total. The van der Waals surface area contributed by atoms with Crippen LogP contribution in [0.25, 0.3) is 5.82 Å². The molecule has 7 heteroatoms.